The van der Waals surface area contributed by atoms with Crippen LogP contribution >= 0.6 is 0 Å². The molecule has 26 heavy (non-hydrogen) atoms. The van der Waals surface area contributed by atoms with Crippen molar-refractivity contribution < 1.29 is 14.7 Å². The van der Waals surface area contributed by atoms with E-state index in [9.17, 15) is 14.7 Å². The Morgan fingerprint density at radius 1 is 0.846 bits per heavy atom. The zero-order valence-corrected chi connectivity index (χ0v) is 14.4. The Morgan fingerprint density at radius 2 is 1.46 bits per heavy atom. The summed E-state index contributed by atoms with van der Waals surface area (Å²) in [6, 6.07) is 24.1. The minimum atomic E-state index is -0.948. The third-order valence-electron chi connectivity index (χ3n) is 4.21. The van der Waals surface area contributed by atoms with Crippen LogP contribution in [0.2, 0.25) is 0 Å². The Morgan fingerprint density at radius 3 is 2.08 bits per heavy atom. The Labute approximate surface area is 152 Å². The van der Waals surface area contributed by atoms with Gasteiger partial charge < -0.3 is 10.0 Å². The molecule has 1 amide bonds. The van der Waals surface area contributed by atoms with Crippen LogP contribution in [0.15, 0.2) is 78.9 Å². The van der Waals surface area contributed by atoms with Gasteiger partial charge in [-0.05, 0) is 34.9 Å². The summed E-state index contributed by atoms with van der Waals surface area (Å²) in [4.78, 5) is 25.1. The monoisotopic (exact) mass is 345 g/mol. The summed E-state index contributed by atoms with van der Waals surface area (Å²) in [6.07, 6.45) is 0. The molecule has 4 heteroatoms. The maximum atomic E-state index is 12.0. The first-order valence-electron chi connectivity index (χ1n) is 8.31. The molecule has 0 fully saturated rings. The number of hydrogen-bond donors (Lipinski definition) is 1. The van der Waals surface area contributed by atoms with Crippen molar-refractivity contribution in [2.24, 2.45) is 0 Å². The molecule has 0 radical (unpaired) electrons. The Hall–Kier alpha value is -3.40. The van der Waals surface area contributed by atoms with Crippen LogP contribution in [0.4, 0.5) is 5.69 Å². The molecular weight excluding hydrogens is 326 g/mol. The molecule has 0 saturated heterocycles. The summed E-state index contributed by atoms with van der Waals surface area (Å²) in [5, 5.41) is 9.34. The van der Waals surface area contributed by atoms with E-state index in [4.69, 9.17) is 0 Å². The first-order chi connectivity index (χ1) is 12.6. The number of carbonyl (C=O) groups excluding carboxylic acids is 1. The zero-order valence-electron chi connectivity index (χ0n) is 14.4. The van der Waals surface area contributed by atoms with E-state index in [1.165, 1.54) is 0 Å². The van der Waals surface area contributed by atoms with Crippen molar-refractivity contribution in [2.45, 2.75) is 13.5 Å². The second-order valence-corrected chi connectivity index (χ2v) is 5.99. The number of hydrogen-bond acceptors (Lipinski definition) is 2. The maximum Gasteiger partial charge on any atom is 0.336 e. The standard InChI is InChI=1S/C22H19NO3/c1-16(24)23(19-7-3-2-4-8-19)15-17-11-13-18(14-12-17)20-9-5-6-10-21(20)22(25)26/h2-14H,15H2,1H3,(H,25,26). The number of carbonyl (C=O) groups is 2. The Kier molecular flexibility index (Phi) is 5.13. The summed E-state index contributed by atoms with van der Waals surface area (Å²) < 4.78 is 0. The first-order valence-corrected chi connectivity index (χ1v) is 8.31. The summed E-state index contributed by atoms with van der Waals surface area (Å²) in [6.45, 7) is 2.00. The SMILES string of the molecule is CC(=O)N(Cc1ccc(-c2ccccc2C(=O)O)cc1)c1ccccc1. The van der Waals surface area contributed by atoms with E-state index >= 15 is 0 Å². The van der Waals surface area contributed by atoms with Gasteiger partial charge in [-0.25, -0.2) is 4.79 Å². The predicted octanol–water partition coefficient (Wildman–Crippen LogP) is 4.60. The quantitative estimate of drug-likeness (QED) is 0.735. The highest BCUT2D eigenvalue weighted by atomic mass is 16.4. The molecule has 3 aromatic carbocycles. The van der Waals surface area contributed by atoms with Crippen LogP contribution in [0.5, 0.6) is 0 Å². The van der Waals surface area contributed by atoms with Crippen LogP contribution in [0.25, 0.3) is 11.1 Å². The smallest absolute Gasteiger partial charge is 0.336 e. The number of nitrogens with zero attached hydrogens (tertiary/aromatic N) is 1. The summed E-state index contributed by atoms with van der Waals surface area (Å²) in [5.41, 5.74) is 3.61. The molecule has 0 unspecified atom stereocenters. The largest absolute Gasteiger partial charge is 0.478 e. The van der Waals surface area contributed by atoms with Gasteiger partial charge in [0.25, 0.3) is 0 Å². The van der Waals surface area contributed by atoms with Gasteiger partial charge >= 0.3 is 5.97 Å². The topological polar surface area (TPSA) is 57.6 Å². The molecule has 3 aromatic rings. The van der Waals surface area contributed by atoms with Crippen LogP contribution in [-0.2, 0) is 11.3 Å². The first kappa shape index (κ1) is 17.4. The van der Waals surface area contributed by atoms with Crippen molar-refractivity contribution >= 4 is 17.6 Å². The van der Waals surface area contributed by atoms with E-state index < -0.39 is 5.97 Å². The second-order valence-electron chi connectivity index (χ2n) is 5.99. The highest BCUT2D eigenvalue weighted by Gasteiger charge is 2.13. The molecule has 0 aliphatic heterocycles. The van der Waals surface area contributed by atoms with Gasteiger partial charge in [-0.15, -0.1) is 0 Å². The molecule has 1 N–H and O–H groups in total. The predicted molar refractivity (Wildman–Crippen MR) is 102 cm³/mol. The van der Waals surface area contributed by atoms with E-state index in [0.29, 0.717) is 12.1 Å². The molecule has 0 heterocycles. The molecular formula is C22H19NO3. The average molecular weight is 345 g/mol. The van der Waals surface area contributed by atoms with Gasteiger partial charge in [-0.1, -0.05) is 60.7 Å². The van der Waals surface area contributed by atoms with Crippen molar-refractivity contribution in [1.29, 1.82) is 0 Å². The fourth-order valence-corrected chi connectivity index (χ4v) is 2.89. The van der Waals surface area contributed by atoms with E-state index in [2.05, 4.69) is 0 Å². The van der Waals surface area contributed by atoms with Gasteiger partial charge in [-0.2, -0.15) is 0 Å². The number of carboxylic acid groups (broad SMARTS) is 1. The Balaban J connectivity index is 1.86. The van der Waals surface area contributed by atoms with E-state index in [1.807, 2.05) is 60.7 Å². The lowest BCUT2D eigenvalue weighted by molar-refractivity contribution is -0.116. The molecule has 4 nitrogen and oxygen atoms in total. The van der Waals surface area contributed by atoms with Gasteiger partial charge in [-0.3, -0.25) is 4.79 Å². The normalized spacial score (nSPS) is 10.3. The molecule has 0 aliphatic carbocycles. The molecule has 0 saturated carbocycles. The van der Waals surface area contributed by atoms with Crippen LogP contribution < -0.4 is 4.90 Å². The molecule has 0 spiro atoms. The number of para-hydroxylation sites is 1. The van der Waals surface area contributed by atoms with Crippen molar-refractivity contribution in [3.8, 4) is 11.1 Å². The third kappa shape index (κ3) is 3.81. The molecule has 0 aliphatic rings. The van der Waals surface area contributed by atoms with Crippen molar-refractivity contribution in [3.05, 3.63) is 90.0 Å². The number of carboxylic acids is 1. The lowest BCUT2D eigenvalue weighted by atomic mass is 9.98. The van der Waals surface area contributed by atoms with E-state index in [-0.39, 0.29) is 11.5 Å². The van der Waals surface area contributed by atoms with Gasteiger partial charge in [0.05, 0.1) is 12.1 Å². The lowest BCUT2D eigenvalue weighted by Gasteiger charge is -2.21. The second kappa shape index (κ2) is 7.66. The van der Waals surface area contributed by atoms with E-state index in [0.717, 1.165) is 16.8 Å². The van der Waals surface area contributed by atoms with Crippen LogP contribution in [0.1, 0.15) is 22.8 Å². The minimum Gasteiger partial charge on any atom is -0.478 e. The highest BCUT2D eigenvalue weighted by Crippen LogP contribution is 2.25. The fraction of sp³-hybridized carbons (Fsp3) is 0.0909. The number of anilines is 1. The van der Waals surface area contributed by atoms with Crippen LogP contribution in [0, 0.1) is 0 Å². The molecule has 130 valence electrons. The fourth-order valence-electron chi connectivity index (χ4n) is 2.89. The third-order valence-corrected chi connectivity index (χ3v) is 4.21. The van der Waals surface area contributed by atoms with Crippen LogP contribution in [0.3, 0.4) is 0 Å². The summed E-state index contributed by atoms with van der Waals surface area (Å²) in [5.74, 6) is -0.979. The summed E-state index contributed by atoms with van der Waals surface area (Å²) >= 11 is 0. The van der Waals surface area contributed by atoms with E-state index in [1.54, 1.807) is 30.0 Å². The van der Waals surface area contributed by atoms with Crippen molar-refractivity contribution in [2.75, 3.05) is 4.90 Å². The highest BCUT2D eigenvalue weighted by molar-refractivity contribution is 5.96. The number of amides is 1. The van der Waals surface area contributed by atoms with Crippen molar-refractivity contribution in [3.63, 3.8) is 0 Å². The lowest BCUT2D eigenvalue weighted by Crippen LogP contribution is -2.27. The summed E-state index contributed by atoms with van der Waals surface area (Å²) in [7, 11) is 0. The van der Waals surface area contributed by atoms with Crippen LogP contribution in [-0.4, -0.2) is 17.0 Å². The molecule has 0 bridgehead atoms. The van der Waals surface area contributed by atoms with Crippen molar-refractivity contribution in [1.82, 2.24) is 0 Å². The molecule has 0 atom stereocenters. The zero-order chi connectivity index (χ0) is 18.5. The maximum absolute atomic E-state index is 12.0. The van der Waals surface area contributed by atoms with Gasteiger partial charge in [0.2, 0.25) is 5.91 Å². The minimum absolute atomic E-state index is 0.0310. The average Bonchev–Trinajstić information content (AvgIpc) is 2.67. The number of aromatic carboxylic acids is 1. The molecule has 0 aromatic heterocycles. The number of rotatable bonds is 5. The molecule has 3 rings (SSSR count). The Bertz CT molecular complexity index is 918. The number of benzene rings is 3. The van der Waals surface area contributed by atoms with Gasteiger partial charge in [0.1, 0.15) is 0 Å². The van der Waals surface area contributed by atoms with Gasteiger partial charge in [0.15, 0.2) is 0 Å². The van der Waals surface area contributed by atoms with Gasteiger partial charge in [0, 0.05) is 12.6 Å².